The molecule has 5 nitrogen and oxygen atoms in total. The molecule has 1 N–H and O–H groups in total. The number of anilines is 2. The molecular weight excluding hydrogens is 383 g/mol. The Labute approximate surface area is 167 Å². The number of rotatable bonds is 4. The van der Waals surface area contributed by atoms with Crippen LogP contribution in [0.1, 0.15) is 0 Å². The minimum absolute atomic E-state index is 0.0985. The summed E-state index contributed by atoms with van der Waals surface area (Å²) in [6.45, 7) is 1.16. The van der Waals surface area contributed by atoms with Crippen molar-refractivity contribution in [3.8, 4) is 11.3 Å². The Bertz CT molecular complexity index is 954. The van der Waals surface area contributed by atoms with Gasteiger partial charge in [-0.25, -0.2) is 9.97 Å². The molecule has 136 valence electrons. The fourth-order valence-corrected chi connectivity index (χ4v) is 3.45. The molecular formula is C20H16Cl2N4O. The van der Waals surface area contributed by atoms with E-state index in [4.69, 9.17) is 23.2 Å². The summed E-state index contributed by atoms with van der Waals surface area (Å²) in [7, 11) is 0. The molecule has 0 saturated carbocycles. The third-order valence-electron chi connectivity index (χ3n) is 4.51. The van der Waals surface area contributed by atoms with Crippen LogP contribution in [-0.2, 0) is 4.79 Å². The Morgan fingerprint density at radius 3 is 2.41 bits per heavy atom. The number of aromatic nitrogens is 2. The number of para-hydroxylation sites is 1. The molecule has 0 atom stereocenters. The van der Waals surface area contributed by atoms with E-state index < -0.39 is 0 Å². The molecule has 1 aromatic heterocycles. The minimum Gasteiger partial charge on any atom is -0.355 e. The highest BCUT2D eigenvalue weighted by molar-refractivity contribution is 6.39. The summed E-state index contributed by atoms with van der Waals surface area (Å²) in [5, 5.41) is 3.68. The lowest BCUT2D eigenvalue weighted by Crippen LogP contribution is -2.52. The van der Waals surface area contributed by atoms with Gasteiger partial charge in [0.1, 0.15) is 12.1 Å². The molecule has 1 aliphatic rings. The first-order valence-electron chi connectivity index (χ1n) is 8.49. The van der Waals surface area contributed by atoms with Crippen molar-refractivity contribution in [2.75, 3.05) is 23.3 Å². The Balaban J connectivity index is 1.42. The van der Waals surface area contributed by atoms with Gasteiger partial charge in [0, 0.05) is 24.7 Å². The second-order valence-corrected chi connectivity index (χ2v) is 7.13. The predicted molar refractivity (Wildman–Crippen MR) is 108 cm³/mol. The number of carbonyl (C=O) groups excluding carboxylic acids is 1. The predicted octanol–water partition coefficient (Wildman–Crippen LogP) is 4.53. The summed E-state index contributed by atoms with van der Waals surface area (Å²) < 4.78 is 0. The van der Waals surface area contributed by atoms with Crippen LogP contribution < -0.4 is 10.2 Å². The van der Waals surface area contributed by atoms with Gasteiger partial charge in [0.25, 0.3) is 0 Å². The number of hydrogen-bond acceptors (Lipinski definition) is 4. The van der Waals surface area contributed by atoms with E-state index in [9.17, 15) is 4.79 Å². The number of carbonyl (C=O) groups is 1. The van der Waals surface area contributed by atoms with Gasteiger partial charge in [-0.3, -0.25) is 4.79 Å². The fraction of sp³-hybridized carbons (Fsp3) is 0.150. The van der Waals surface area contributed by atoms with Gasteiger partial charge in [-0.1, -0.05) is 59.6 Å². The molecule has 1 fully saturated rings. The Morgan fingerprint density at radius 1 is 1.00 bits per heavy atom. The van der Waals surface area contributed by atoms with Crippen molar-refractivity contribution < 1.29 is 4.79 Å². The Hall–Kier alpha value is -2.63. The first-order valence-corrected chi connectivity index (χ1v) is 9.24. The lowest BCUT2D eigenvalue weighted by atomic mass is 9.99. The van der Waals surface area contributed by atoms with Crippen LogP contribution in [0.25, 0.3) is 11.3 Å². The summed E-state index contributed by atoms with van der Waals surface area (Å²) >= 11 is 12.2. The zero-order chi connectivity index (χ0) is 18.8. The maximum Gasteiger partial charge on any atom is 0.231 e. The van der Waals surface area contributed by atoms with E-state index in [-0.39, 0.29) is 11.8 Å². The maximum atomic E-state index is 12.5. The van der Waals surface area contributed by atoms with E-state index in [0.29, 0.717) is 28.8 Å². The van der Waals surface area contributed by atoms with Crippen molar-refractivity contribution in [1.29, 1.82) is 0 Å². The van der Waals surface area contributed by atoms with E-state index in [2.05, 4.69) is 15.3 Å². The number of amides is 1. The van der Waals surface area contributed by atoms with Crippen LogP contribution in [0.5, 0.6) is 0 Å². The van der Waals surface area contributed by atoms with Crippen LogP contribution in [0.3, 0.4) is 0 Å². The van der Waals surface area contributed by atoms with E-state index in [1.165, 1.54) is 0 Å². The molecule has 3 aromatic rings. The van der Waals surface area contributed by atoms with Gasteiger partial charge >= 0.3 is 0 Å². The third kappa shape index (κ3) is 3.75. The summed E-state index contributed by atoms with van der Waals surface area (Å²) in [6.07, 6.45) is 1.55. The average Bonchev–Trinajstić information content (AvgIpc) is 2.65. The molecule has 2 aromatic carbocycles. The van der Waals surface area contributed by atoms with Crippen LogP contribution in [0.4, 0.5) is 11.5 Å². The first kappa shape index (κ1) is 17.8. The van der Waals surface area contributed by atoms with Crippen LogP contribution in [0, 0.1) is 5.92 Å². The molecule has 1 saturated heterocycles. The number of benzene rings is 2. The Morgan fingerprint density at radius 2 is 1.70 bits per heavy atom. The molecule has 0 spiro atoms. The lowest BCUT2D eigenvalue weighted by Gasteiger charge is -2.39. The largest absolute Gasteiger partial charge is 0.355 e. The molecule has 27 heavy (non-hydrogen) atoms. The van der Waals surface area contributed by atoms with Gasteiger partial charge in [0.15, 0.2) is 0 Å². The summed E-state index contributed by atoms with van der Waals surface area (Å²) in [6, 6.07) is 17.0. The van der Waals surface area contributed by atoms with E-state index in [0.717, 1.165) is 17.1 Å². The van der Waals surface area contributed by atoms with Crippen molar-refractivity contribution in [1.82, 2.24) is 9.97 Å². The van der Waals surface area contributed by atoms with Gasteiger partial charge in [0.2, 0.25) is 5.91 Å². The second kappa shape index (κ2) is 7.55. The quantitative estimate of drug-likeness (QED) is 0.701. The molecule has 0 unspecified atom stereocenters. The lowest BCUT2D eigenvalue weighted by molar-refractivity contribution is -0.120. The highest BCUT2D eigenvalue weighted by Gasteiger charge is 2.34. The van der Waals surface area contributed by atoms with E-state index in [1.54, 1.807) is 24.5 Å². The van der Waals surface area contributed by atoms with E-state index in [1.807, 2.05) is 41.3 Å². The van der Waals surface area contributed by atoms with Gasteiger partial charge in [-0.15, -0.1) is 0 Å². The molecule has 0 bridgehead atoms. The van der Waals surface area contributed by atoms with Crippen LogP contribution in [0.2, 0.25) is 10.0 Å². The molecule has 2 heterocycles. The molecule has 0 radical (unpaired) electrons. The number of nitrogens with one attached hydrogen (secondary N) is 1. The van der Waals surface area contributed by atoms with Crippen LogP contribution in [0.15, 0.2) is 60.9 Å². The number of halogens is 2. The number of nitrogens with zero attached hydrogens (tertiary/aromatic N) is 3. The highest BCUT2D eigenvalue weighted by Crippen LogP contribution is 2.32. The van der Waals surface area contributed by atoms with Gasteiger partial charge in [-0.2, -0.15) is 0 Å². The fourth-order valence-electron chi connectivity index (χ4n) is 2.96. The first-order chi connectivity index (χ1) is 13.1. The standard InChI is InChI=1S/C20H16Cl2N4O/c21-15-7-4-8-16(22)19(15)25-20(27)14-10-26(11-14)18-9-17(23-12-24-18)13-5-2-1-3-6-13/h1-9,12,14H,10-11H2,(H,25,27). The van der Waals surface area contributed by atoms with Crippen LogP contribution >= 0.6 is 23.2 Å². The highest BCUT2D eigenvalue weighted by atomic mass is 35.5. The SMILES string of the molecule is O=C(Nc1c(Cl)cccc1Cl)C1CN(c2cc(-c3ccccc3)ncn2)C1. The van der Waals surface area contributed by atoms with Gasteiger partial charge in [0.05, 0.1) is 27.3 Å². The zero-order valence-corrected chi connectivity index (χ0v) is 15.8. The molecule has 1 amide bonds. The zero-order valence-electron chi connectivity index (χ0n) is 14.3. The van der Waals surface area contributed by atoms with E-state index >= 15 is 0 Å². The van der Waals surface area contributed by atoms with Crippen molar-refractivity contribution in [3.63, 3.8) is 0 Å². The Kier molecular flexibility index (Phi) is 4.97. The summed E-state index contributed by atoms with van der Waals surface area (Å²) in [5.41, 5.74) is 2.35. The van der Waals surface area contributed by atoms with Crippen molar-refractivity contribution in [2.45, 2.75) is 0 Å². The summed E-state index contributed by atoms with van der Waals surface area (Å²) in [4.78, 5) is 23.2. The van der Waals surface area contributed by atoms with Crippen molar-refractivity contribution >= 4 is 40.6 Å². The van der Waals surface area contributed by atoms with Crippen molar-refractivity contribution in [3.05, 3.63) is 71.0 Å². The van der Waals surface area contributed by atoms with Gasteiger partial charge < -0.3 is 10.2 Å². The van der Waals surface area contributed by atoms with Crippen molar-refractivity contribution in [2.24, 2.45) is 5.92 Å². The maximum absolute atomic E-state index is 12.5. The van der Waals surface area contributed by atoms with Gasteiger partial charge in [-0.05, 0) is 12.1 Å². The molecule has 1 aliphatic heterocycles. The smallest absolute Gasteiger partial charge is 0.231 e. The molecule has 7 heteroatoms. The van der Waals surface area contributed by atoms with Crippen LogP contribution in [-0.4, -0.2) is 29.0 Å². The average molecular weight is 399 g/mol. The molecule has 0 aliphatic carbocycles. The second-order valence-electron chi connectivity index (χ2n) is 6.32. The minimum atomic E-state index is -0.146. The monoisotopic (exact) mass is 398 g/mol. The topological polar surface area (TPSA) is 58.1 Å². The third-order valence-corrected chi connectivity index (χ3v) is 5.14. The number of hydrogen-bond donors (Lipinski definition) is 1. The normalized spacial score (nSPS) is 13.9. The molecule has 4 rings (SSSR count). The summed E-state index contributed by atoms with van der Waals surface area (Å²) in [5.74, 6) is 0.565.